The number of carbonyl (C=O) groups is 1. The van der Waals surface area contributed by atoms with Crippen molar-refractivity contribution in [1.82, 2.24) is 0 Å². The number of aliphatic hydroxyl groups excluding tert-OH is 1. The standard InChI is InChI=1S/C16H21NO4.C13H19NO4.C5H10O/c1-10(17-3)8-12-4-5-15-16(21-12)7-6-13(19-11(2)18)14(9-16)20-15;1-8(14-2)5-9-3-4-11-13(18-9)6-10(17-11)12(15)16-7-13;1-5-3-2-4-6-5/h6-7,10,12-15H,4-5,8-9H2,1-2H3;8-12,15H,3-7H2,1H3;5H,2-4H2,1H3/t10-,12-,13-,14-,15+,16+;8-,9-,10-,11+,12?,13-;/m11./s1. The molecular formula is C34H50N2O9. The maximum atomic E-state index is 11.1. The van der Waals surface area contributed by atoms with Gasteiger partial charge in [-0.15, -0.1) is 0 Å². The van der Waals surface area contributed by atoms with Crippen LogP contribution < -0.4 is 0 Å². The summed E-state index contributed by atoms with van der Waals surface area (Å²) in [5.41, 5.74) is -0.763. The quantitative estimate of drug-likeness (QED) is 0.266. The van der Waals surface area contributed by atoms with E-state index in [2.05, 4.69) is 16.6 Å². The molecule has 1 N–H and O–H groups in total. The van der Waals surface area contributed by atoms with Crippen LogP contribution in [0.3, 0.4) is 0 Å². The molecule has 4 bridgehead atoms. The fraction of sp³-hybridized carbons (Fsp3) is 0.853. The summed E-state index contributed by atoms with van der Waals surface area (Å²) in [7, 11) is 0. The number of aliphatic hydroxyl groups is 1. The van der Waals surface area contributed by atoms with Gasteiger partial charge in [-0.05, 0) is 51.5 Å². The average Bonchev–Trinajstić information content (AvgIpc) is 3.71. The van der Waals surface area contributed by atoms with Crippen LogP contribution in [0, 0.1) is 13.1 Å². The maximum Gasteiger partial charge on any atom is 0.303 e. The van der Waals surface area contributed by atoms with Crippen LogP contribution in [0.1, 0.15) is 91.9 Å². The molecule has 11 heteroatoms. The molecule has 2 unspecified atom stereocenters. The number of nitrogens with zero attached hydrogens (tertiary/aromatic N) is 2. The van der Waals surface area contributed by atoms with Crippen molar-refractivity contribution in [2.75, 3.05) is 13.2 Å². The Labute approximate surface area is 267 Å². The third-order valence-corrected chi connectivity index (χ3v) is 10.0. The first-order valence-electron chi connectivity index (χ1n) is 16.7. The van der Waals surface area contributed by atoms with Crippen molar-refractivity contribution in [3.05, 3.63) is 35.0 Å². The van der Waals surface area contributed by atoms with E-state index in [-0.39, 0.29) is 72.0 Å². The summed E-state index contributed by atoms with van der Waals surface area (Å²) in [4.78, 5) is 18.2. The van der Waals surface area contributed by atoms with Crippen molar-refractivity contribution in [2.45, 2.75) is 170 Å². The number of ether oxygens (including phenoxy) is 7. The van der Waals surface area contributed by atoms with Gasteiger partial charge in [-0.1, -0.05) is 6.08 Å². The van der Waals surface area contributed by atoms with Gasteiger partial charge in [-0.25, -0.2) is 13.1 Å². The molecule has 0 aromatic heterocycles. The lowest BCUT2D eigenvalue weighted by Gasteiger charge is -2.42. The Morgan fingerprint density at radius 3 is 2.22 bits per heavy atom. The molecule has 0 amide bonds. The van der Waals surface area contributed by atoms with Gasteiger partial charge in [0.25, 0.3) is 0 Å². The maximum absolute atomic E-state index is 11.1. The molecule has 0 saturated carbocycles. The molecule has 45 heavy (non-hydrogen) atoms. The van der Waals surface area contributed by atoms with Gasteiger partial charge in [0.2, 0.25) is 12.1 Å². The van der Waals surface area contributed by atoms with Gasteiger partial charge >= 0.3 is 5.97 Å². The average molecular weight is 631 g/mol. The summed E-state index contributed by atoms with van der Waals surface area (Å²) >= 11 is 0. The first-order valence-corrected chi connectivity index (χ1v) is 16.7. The van der Waals surface area contributed by atoms with Gasteiger partial charge in [0, 0.05) is 53.1 Å². The molecule has 6 heterocycles. The van der Waals surface area contributed by atoms with Gasteiger partial charge < -0.3 is 48.0 Å². The molecular weight excluding hydrogens is 580 g/mol. The second-order valence-electron chi connectivity index (χ2n) is 13.8. The fourth-order valence-electron chi connectivity index (χ4n) is 7.72. The second-order valence-corrected chi connectivity index (χ2v) is 13.8. The van der Waals surface area contributed by atoms with Crippen LogP contribution in [0.25, 0.3) is 9.69 Å². The zero-order valence-corrected chi connectivity index (χ0v) is 27.1. The summed E-state index contributed by atoms with van der Waals surface area (Å²) < 4.78 is 40.1. The Morgan fingerprint density at radius 2 is 1.62 bits per heavy atom. The molecule has 0 radical (unpaired) electrons. The van der Waals surface area contributed by atoms with Crippen molar-refractivity contribution in [3.8, 4) is 0 Å². The molecule has 1 aliphatic carbocycles. The lowest BCUT2D eigenvalue weighted by Crippen LogP contribution is -2.54. The summed E-state index contributed by atoms with van der Waals surface area (Å²) in [6, 6.07) is -0.0152. The van der Waals surface area contributed by atoms with Gasteiger partial charge in [-0.3, -0.25) is 4.79 Å². The topological polar surface area (TPSA) is 111 Å². The zero-order chi connectivity index (χ0) is 32.2. The largest absolute Gasteiger partial charge is 0.456 e. The Kier molecular flexibility index (Phi) is 11.2. The van der Waals surface area contributed by atoms with Crippen LogP contribution in [-0.4, -0.2) is 103 Å². The number of hydrogen-bond acceptors (Lipinski definition) is 9. The lowest BCUT2D eigenvalue weighted by atomic mass is 9.82. The molecule has 7 aliphatic rings. The zero-order valence-electron chi connectivity index (χ0n) is 27.1. The van der Waals surface area contributed by atoms with Crippen molar-refractivity contribution < 1.29 is 43.1 Å². The number of esters is 1. The predicted molar refractivity (Wildman–Crippen MR) is 163 cm³/mol. The summed E-state index contributed by atoms with van der Waals surface area (Å²) in [5.74, 6) is -0.288. The molecule has 250 valence electrons. The molecule has 2 spiro atoms. The van der Waals surface area contributed by atoms with Crippen LogP contribution >= 0.6 is 0 Å². The van der Waals surface area contributed by atoms with Gasteiger partial charge in [0.15, 0.2) is 6.29 Å². The predicted octanol–water partition coefficient (Wildman–Crippen LogP) is 4.55. The third kappa shape index (κ3) is 8.08. The third-order valence-electron chi connectivity index (χ3n) is 10.0. The molecule has 13 atom stereocenters. The molecule has 6 fully saturated rings. The normalized spacial score (nSPS) is 43.5. The molecule has 6 saturated heterocycles. The molecule has 11 nitrogen and oxygen atoms in total. The van der Waals surface area contributed by atoms with E-state index in [0.29, 0.717) is 19.1 Å². The number of carbonyl (C=O) groups excluding carboxylic acids is 1. The van der Waals surface area contributed by atoms with E-state index in [9.17, 15) is 9.90 Å². The molecule has 7 rings (SSSR count). The van der Waals surface area contributed by atoms with E-state index in [1.165, 1.54) is 19.8 Å². The fourth-order valence-corrected chi connectivity index (χ4v) is 7.72. The Hall–Kier alpha value is -2.09. The van der Waals surface area contributed by atoms with E-state index >= 15 is 0 Å². The highest BCUT2D eigenvalue weighted by molar-refractivity contribution is 5.66. The molecule has 6 aliphatic heterocycles. The van der Waals surface area contributed by atoms with Crippen molar-refractivity contribution in [2.24, 2.45) is 0 Å². The Bertz CT molecular complexity index is 1130. The number of rotatable bonds is 5. The number of fused-ring (bicyclic) bond motifs is 2. The van der Waals surface area contributed by atoms with E-state index in [1.54, 1.807) is 0 Å². The Morgan fingerprint density at radius 1 is 0.956 bits per heavy atom. The summed E-state index contributed by atoms with van der Waals surface area (Å²) in [5, 5.41) is 9.65. The molecule has 0 aromatic rings. The van der Waals surface area contributed by atoms with Crippen molar-refractivity contribution in [1.29, 1.82) is 0 Å². The minimum absolute atomic E-state index is 0.00355. The van der Waals surface area contributed by atoms with Gasteiger partial charge in [0.1, 0.15) is 29.5 Å². The van der Waals surface area contributed by atoms with Gasteiger partial charge in [-0.2, -0.15) is 0 Å². The minimum Gasteiger partial charge on any atom is -0.456 e. The van der Waals surface area contributed by atoms with Crippen LogP contribution in [0.5, 0.6) is 0 Å². The van der Waals surface area contributed by atoms with Gasteiger partial charge in [0.05, 0.1) is 37.1 Å². The van der Waals surface area contributed by atoms with E-state index in [1.807, 2.05) is 26.0 Å². The minimum atomic E-state index is -0.814. The first kappa shape index (κ1) is 34.3. The van der Waals surface area contributed by atoms with Crippen molar-refractivity contribution in [3.63, 3.8) is 0 Å². The van der Waals surface area contributed by atoms with Crippen LogP contribution in [-0.2, 0) is 38.0 Å². The summed E-state index contributed by atoms with van der Waals surface area (Å²) in [6.45, 7) is 22.9. The smallest absolute Gasteiger partial charge is 0.303 e. The van der Waals surface area contributed by atoms with Crippen molar-refractivity contribution >= 4 is 5.97 Å². The van der Waals surface area contributed by atoms with Crippen LogP contribution in [0.4, 0.5) is 0 Å². The number of hydrogen-bond donors (Lipinski definition) is 1. The van der Waals surface area contributed by atoms with Crippen LogP contribution in [0.15, 0.2) is 12.2 Å². The van der Waals surface area contributed by atoms with E-state index in [0.717, 1.165) is 51.6 Å². The highest BCUT2D eigenvalue weighted by Gasteiger charge is 2.58. The first-order chi connectivity index (χ1) is 21.5. The summed E-state index contributed by atoms with van der Waals surface area (Å²) in [6.07, 6.45) is 12.5. The SMILES string of the molecule is CC1CCCO1.[C-]#[N+][C@H](C)C[C@H]1CC[C@@H]2O[C@@H]3C[C@]2(C=C[C@H]3OC(C)=O)O1.[C-]#[N+][C@H](C)C[C@H]1CC[C@@H]2O[C@@H]3C[C@]2(COC3O)O1. The molecule has 0 aromatic carbocycles. The van der Waals surface area contributed by atoms with E-state index < -0.39 is 6.29 Å². The Balaban J connectivity index is 0.000000151. The second kappa shape index (κ2) is 14.8. The monoisotopic (exact) mass is 630 g/mol. The highest BCUT2D eigenvalue weighted by Crippen LogP contribution is 2.48. The van der Waals surface area contributed by atoms with E-state index in [4.69, 9.17) is 46.3 Å². The highest BCUT2D eigenvalue weighted by atomic mass is 16.7. The van der Waals surface area contributed by atoms with Crippen LogP contribution in [0.2, 0.25) is 0 Å². The lowest BCUT2D eigenvalue weighted by molar-refractivity contribution is -0.223.